The average molecular weight is 464 g/mol. The van der Waals surface area contributed by atoms with Gasteiger partial charge in [0.05, 0.1) is 0 Å². The van der Waals surface area contributed by atoms with E-state index in [2.05, 4.69) is 32.7 Å². The van der Waals surface area contributed by atoms with Crippen LogP contribution in [0.15, 0.2) is 33.8 Å². The van der Waals surface area contributed by atoms with Gasteiger partial charge in [0.15, 0.2) is 5.96 Å². The molecule has 0 spiro atoms. The van der Waals surface area contributed by atoms with Crippen LogP contribution in [0.5, 0.6) is 0 Å². The van der Waals surface area contributed by atoms with Crippen LogP contribution in [0, 0.1) is 0 Å². The van der Waals surface area contributed by atoms with Crippen LogP contribution < -0.4 is 10.6 Å². The minimum atomic E-state index is 0. The Morgan fingerprint density at radius 1 is 1.29 bits per heavy atom. The van der Waals surface area contributed by atoms with Crippen molar-refractivity contribution in [1.82, 2.24) is 20.8 Å². The van der Waals surface area contributed by atoms with Gasteiger partial charge in [-0.15, -0.1) is 24.0 Å². The highest BCUT2D eigenvalue weighted by Crippen LogP contribution is 2.19. The Morgan fingerprint density at radius 3 is 2.83 bits per heavy atom. The first-order chi connectivity index (χ1) is 11.2. The summed E-state index contributed by atoms with van der Waals surface area (Å²) < 4.78 is 5.28. The van der Waals surface area contributed by atoms with Gasteiger partial charge in [-0.3, -0.25) is 4.99 Å². The minimum Gasteiger partial charge on any atom is -0.357 e. The quantitative estimate of drug-likeness (QED) is 0.373. The van der Waals surface area contributed by atoms with Gasteiger partial charge in [-0.2, -0.15) is 4.98 Å². The van der Waals surface area contributed by atoms with Crippen LogP contribution in [-0.4, -0.2) is 35.7 Å². The molecule has 0 atom stereocenters. The zero-order valence-electron chi connectivity index (χ0n) is 13.9. The maximum absolute atomic E-state index is 5.98. The van der Waals surface area contributed by atoms with Crippen LogP contribution in [-0.2, 0) is 6.42 Å². The van der Waals surface area contributed by atoms with Gasteiger partial charge in [0.2, 0.25) is 11.7 Å². The maximum atomic E-state index is 5.98. The molecule has 8 heteroatoms. The summed E-state index contributed by atoms with van der Waals surface area (Å²) in [5.41, 5.74) is 0.846. The molecule has 2 rings (SSSR count). The van der Waals surface area contributed by atoms with Crippen molar-refractivity contribution >= 4 is 41.5 Å². The number of rotatable bonds is 7. The van der Waals surface area contributed by atoms with Gasteiger partial charge in [-0.05, 0) is 25.5 Å². The Balaban J connectivity index is 0.00000288. The summed E-state index contributed by atoms with van der Waals surface area (Å²) in [6, 6.07) is 7.39. The number of hydrogen-bond acceptors (Lipinski definition) is 4. The number of guanidine groups is 1. The standard InChI is InChI=1S/C16H22ClN5O.HI/c1-3-9-19-16(18-4-2)20-10-8-14-21-15(22-23-14)12-6-5-7-13(17)11-12;/h5-7,11H,3-4,8-10H2,1-2H3,(H2,18,19,20);1H. The SMILES string of the molecule is CCCN=C(NCC)NCCc1nc(-c2cccc(Cl)c2)no1.I. The third-order valence-corrected chi connectivity index (χ3v) is 3.26. The Hall–Kier alpha value is -1.35. The Bertz CT molecular complexity index is 647. The predicted octanol–water partition coefficient (Wildman–Crippen LogP) is 3.52. The van der Waals surface area contributed by atoms with Gasteiger partial charge in [-0.1, -0.05) is 35.8 Å². The molecule has 0 radical (unpaired) electrons. The normalized spacial score (nSPS) is 11.0. The number of aromatic nitrogens is 2. The number of hydrogen-bond donors (Lipinski definition) is 2. The summed E-state index contributed by atoms with van der Waals surface area (Å²) in [7, 11) is 0. The van der Waals surface area contributed by atoms with Crippen molar-refractivity contribution in [1.29, 1.82) is 0 Å². The molecule has 1 aromatic heterocycles. The summed E-state index contributed by atoms with van der Waals surface area (Å²) in [6.45, 7) is 6.44. The van der Waals surface area contributed by atoms with E-state index in [1.807, 2.05) is 31.2 Å². The second kappa shape index (κ2) is 11.2. The van der Waals surface area contributed by atoms with Crippen LogP contribution in [0.1, 0.15) is 26.2 Å². The number of nitrogens with zero attached hydrogens (tertiary/aromatic N) is 3. The lowest BCUT2D eigenvalue weighted by molar-refractivity contribution is 0.378. The molecule has 6 nitrogen and oxygen atoms in total. The molecular formula is C16H23ClIN5O. The molecule has 132 valence electrons. The van der Waals surface area contributed by atoms with Crippen molar-refractivity contribution < 1.29 is 4.52 Å². The predicted molar refractivity (Wildman–Crippen MR) is 108 cm³/mol. The van der Waals surface area contributed by atoms with Gasteiger partial charge < -0.3 is 15.2 Å². The van der Waals surface area contributed by atoms with E-state index >= 15 is 0 Å². The maximum Gasteiger partial charge on any atom is 0.228 e. The van der Waals surface area contributed by atoms with Crippen molar-refractivity contribution in [3.8, 4) is 11.4 Å². The molecule has 0 unspecified atom stereocenters. The highest BCUT2D eigenvalue weighted by atomic mass is 127. The van der Waals surface area contributed by atoms with E-state index in [1.54, 1.807) is 0 Å². The molecule has 0 aliphatic heterocycles. The van der Waals surface area contributed by atoms with Crippen molar-refractivity contribution in [2.45, 2.75) is 26.7 Å². The lowest BCUT2D eigenvalue weighted by atomic mass is 10.2. The molecule has 0 saturated heterocycles. The largest absolute Gasteiger partial charge is 0.357 e. The first kappa shape index (κ1) is 20.7. The minimum absolute atomic E-state index is 0. The van der Waals surface area contributed by atoms with E-state index in [9.17, 15) is 0 Å². The lowest BCUT2D eigenvalue weighted by Crippen LogP contribution is -2.38. The topological polar surface area (TPSA) is 75.3 Å². The molecule has 0 saturated carbocycles. The molecule has 0 fully saturated rings. The van der Waals surface area contributed by atoms with E-state index in [1.165, 1.54) is 0 Å². The fourth-order valence-corrected chi connectivity index (χ4v) is 2.14. The van der Waals surface area contributed by atoms with Gasteiger partial charge in [0, 0.05) is 36.6 Å². The lowest BCUT2D eigenvalue weighted by Gasteiger charge is -2.09. The van der Waals surface area contributed by atoms with E-state index in [-0.39, 0.29) is 24.0 Å². The highest BCUT2D eigenvalue weighted by molar-refractivity contribution is 14.0. The first-order valence-corrected chi connectivity index (χ1v) is 8.21. The van der Waals surface area contributed by atoms with Crippen LogP contribution in [0.2, 0.25) is 5.02 Å². The van der Waals surface area contributed by atoms with Crippen molar-refractivity contribution in [3.05, 3.63) is 35.2 Å². The molecular weight excluding hydrogens is 441 g/mol. The summed E-state index contributed by atoms with van der Waals surface area (Å²) >= 11 is 5.98. The zero-order chi connectivity index (χ0) is 16.5. The molecule has 1 heterocycles. The fraction of sp³-hybridized carbons (Fsp3) is 0.438. The monoisotopic (exact) mass is 463 g/mol. The van der Waals surface area contributed by atoms with E-state index in [4.69, 9.17) is 16.1 Å². The molecule has 0 bridgehead atoms. The van der Waals surface area contributed by atoms with Crippen LogP contribution >= 0.6 is 35.6 Å². The zero-order valence-corrected chi connectivity index (χ0v) is 17.0. The Labute approximate surface area is 164 Å². The average Bonchev–Trinajstić information content (AvgIpc) is 3.01. The van der Waals surface area contributed by atoms with Gasteiger partial charge in [0.25, 0.3) is 0 Å². The summed E-state index contributed by atoms with van der Waals surface area (Å²) in [6.07, 6.45) is 1.65. The van der Waals surface area contributed by atoms with E-state index < -0.39 is 0 Å². The first-order valence-electron chi connectivity index (χ1n) is 7.83. The van der Waals surface area contributed by atoms with Gasteiger partial charge in [-0.25, -0.2) is 0 Å². The van der Waals surface area contributed by atoms with Crippen molar-refractivity contribution in [2.24, 2.45) is 4.99 Å². The molecule has 2 aromatic rings. The molecule has 0 aliphatic carbocycles. The van der Waals surface area contributed by atoms with E-state index in [0.29, 0.717) is 29.7 Å². The molecule has 0 aliphatic rings. The van der Waals surface area contributed by atoms with Crippen molar-refractivity contribution in [2.75, 3.05) is 19.6 Å². The third-order valence-electron chi connectivity index (χ3n) is 3.02. The highest BCUT2D eigenvalue weighted by Gasteiger charge is 2.09. The van der Waals surface area contributed by atoms with Crippen molar-refractivity contribution in [3.63, 3.8) is 0 Å². The van der Waals surface area contributed by atoms with Gasteiger partial charge >= 0.3 is 0 Å². The second-order valence-corrected chi connectivity index (χ2v) is 5.40. The van der Waals surface area contributed by atoms with Crippen LogP contribution in [0.25, 0.3) is 11.4 Å². The summed E-state index contributed by atoms with van der Waals surface area (Å²) in [4.78, 5) is 8.83. The molecule has 0 amide bonds. The Morgan fingerprint density at radius 2 is 2.12 bits per heavy atom. The summed E-state index contributed by atoms with van der Waals surface area (Å²) in [5, 5.41) is 11.1. The number of aliphatic imine (C=N–C) groups is 1. The van der Waals surface area contributed by atoms with E-state index in [0.717, 1.165) is 31.0 Å². The smallest absolute Gasteiger partial charge is 0.228 e. The molecule has 1 aromatic carbocycles. The second-order valence-electron chi connectivity index (χ2n) is 4.96. The third kappa shape index (κ3) is 6.64. The fourth-order valence-electron chi connectivity index (χ4n) is 1.95. The number of benzene rings is 1. The van der Waals surface area contributed by atoms with Gasteiger partial charge in [0.1, 0.15) is 0 Å². The Kier molecular flexibility index (Phi) is 9.70. The number of nitrogens with one attached hydrogen (secondary N) is 2. The number of halogens is 2. The van der Waals surface area contributed by atoms with Crippen LogP contribution in [0.4, 0.5) is 0 Å². The molecule has 2 N–H and O–H groups in total. The molecule has 24 heavy (non-hydrogen) atoms. The summed E-state index contributed by atoms with van der Waals surface area (Å²) in [5.74, 6) is 1.94. The van der Waals surface area contributed by atoms with Crippen LogP contribution in [0.3, 0.4) is 0 Å².